The van der Waals surface area contributed by atoms with Crippen molar-refractivity contribution in [2.45, 2.75) is 51.2 Å². The third-order valence-electron chi connectivity index (χ3n) is 4.49. The second-order valence-electron chi connectivity index (χ2n) is 6.05. The molecular weight excluding hydrogens is 312 g/mol. The van der Waals surface area contributed by atoms with Crippen molar-refractivity contribution in [3.63, 3.8) is 0 Å². The molecule has 124 valence electrons. The molecule has 1 atom stereocenters. The summed E-state index contributed by atoms with van der Waals surface area (Å²) in [5.41, 5.74) is 1.49. The Morgan fingerprint density at radius 2 is 2.17 bits per heavy atom. The molecule has 1 saturated carbocycles. The van der Waals surface area contributed by atoms with E-state index in [1.54, 1.807) is 11.3 Å². The van der Waals surface area contributed by atoms with Gasteiger partial charge in [-0.1, -0.05) is 19.8 Å². The molecule has 1 aliphatic rings. The molecule has 0 bridgehead atoms. The van der Waals surface area contributed by atoms with Gasteiger partial charge in [-0.15, -0.1) is 11.3 Å². The maximum atomic E-state index is 12.4. The number of aryl methyl sites for hydroxylation is 1. The first-order valence-electron chi connectivity index (χ1n) is 8.14. The summed E-state index contributed by atoms with van der Waals surface area (Å²) in [7, 11) is 1.84. The molecule has 5 nitrogen and oxygen atoms in total. The Hall–Kier alpha value is -1.82. The highest BCUT2D eigenvalue weighted by Crippen LogP contribution is 2.25. The fourth-order valence-electron chi connectivity index (χ4n) is 3.12. The van der Waals surface area contributed by atoms with Crippen molar-refractivity contribution in [1.29, 1.82) is 0 Å². The van der Waals surface area contributed by atoms with Gasteiger partial charge in [0, 0.05) is 13.1 Å². The summed E-state index contributed by atoms with van der Waals surface area (Å²) >= 11 is 1.58. The minimum Gasteiger partial charge on any atom is -0.448 e. The third kappa shape index (κ3) is 3.27. The highest BCUT2D eigenvalue weighted by Gasteiger charge is 2.26. The van der Waals surface area contributed by atoms with Crippen molar-refractivity contribution < 1.29 is 14.3 Å². The molecule has 0 spiro atoms. The van der Waals surface area contributed by atoms with Gasteiger partial charge in [-0.05, 0) is 36.8 Å². The van der Waals surface area contributed by atoms with Crippen LogP contribution < -0.4 is 5.32 Å². The number of aromatic nitrogens is 1. The zero-order valence-corrected chi connectivity index (χ0v) is 14.3. The SMILES string of the molecule is CC[C@@H](OC(=O)c1cc2sccc2n1C)C(=O)NC1CCCC1. The average molecular weight is 334 g/mol. The monoisotopic (exact) mass is 334 g/mol. The van der Waals surface area contributed by atoms with Gasteiger partial charge in [-0.2, -0.15) is 0 Å². The highest BCUT2D eigenvalue weighted by molar-refractivity contribution is 7.17. The summed E-state index contributed by atoms with van der Waals surface area (Å²) in [6.45, 7) is 1.86. The van der Waals surface area contributed by atoms with Crippen LogP contribution in [0.1, 0.15) is 49.5 Å². The Morgan fingerprint density at radius 1 is 1.43 bits per heavy atom. The maximum Gasteiger partial charge on any atom is 0.355 e. The Balaban J connectivity index is 1.67. The second kappa shape index (κ2) is 6.74. The van der Waals surface area contributed by atoms with Crippen molar-refractivity contribution in [3.05, 3.63) is 23.2 Å². The molecule has 2 heterocycles. The van der Waals surface area contributed by atoms with Crippen LogP contribution in [0.15, 0.2) is 17.5 Å². The van der Waals surface area contributed by atoms with Crippen LogP contribution in [0, 0.1) is 0 Å². The molecule has 0 saturated heterocycles. The summed E-state index contributed by atoms with van der Waals surface area (Å²) < 4.78 is 8.33. The Kier molecular flexibility index (Phi) is 4.71. The van der Waals surface area contributed by atoms with Crippen molar-refractivity contribution in [1.82, 2.24) is 9.88 Å². The zero-order valence-electron chi connectivity index (χ0n) is 13.5. The minimum absolute atomic E-state index is 0.177. The van der Waals surface area contributed by atoms with E-state index in [4.69, 9.17) is 4.74 Å². The summed E-state index contributed by atoms with van der Waals surface area (Å²) in [6.07, 6.45) is 4.09. The van der Waals surface area contributed by atoms with E-state index in [9.17, 15) is 9.59 Å². The van der Waals surface area contributed by atoms with Gasteiger partial charge in [0.15, 0.2) is 6.10 Å². The van der Waals surface area contributed by atoms with E-state index in [-0.39, 0.29) is 11.9 Å². The first kappa shape index (κ1) is 16.1. The number of hydrogen-bond acceptors (Lipinski definition) is 4. The van der Waals surface area contributed by atoms with Crippen molar-refractivity contribution in [2.75, 3.05) is 0 Å². The molecule has 0 unspecified atom stereocenters. The van der Waals surface area contributed by atoms with Crippen LogP contribution in [0.25, 0.3) is 10.2 Å². The summed E-state index contributed by atoms with van der Waals surface area (Å²) in [6, 6.07) is 4.03. The van der Waals surface area contributed by atoms with E-state index in [1.165, 1.54) is 0 Å². The van der Waals surface area contributed by atoms with Gasteiger partial charge < -0.3 is 14.6 Å². The van der Waals surface area contributed by atoms with E-state index >= 15 is 0 Å². The van der Waals surface area contributed by atoms with Crippen LogP contribution >= 0.6 is 11.3 Å². The van der Waals surface area contributed by atoms with Gasteiger partial charge in [0.25, 0.3) is 5.91 Å². The molecule has 2 aromatic rings. The molecule has 0 aromatic carbocycles. The summed E-state index contributed by atoms with van der Waals surface area (Å²) in [4.78, 5) is 24.7. The average Bonchev–Trinajstić information content (AvgIpc) is 3.24. The number of nitrogens with zero attached hydrogens (tertiary/aromatic N) is 1. The molecule has 1 N–H and O–H groups in total. The number of amides is 1. The highest BCUT2D eigenvalue weighted by atomic mass is 32.1. The topological polar surface area (TPSA) is 60.3 Å². The largest absolute Gasteiger partial charge is 0.448 e. The second-order valence-corrected chi connectivity index (χ2v) is 7.00. The van der Waals surface area contributed by atoms with Gasteiger partial charge in [0.1, 0.15) is 5.69 Å². The zero-order chi connectivity index (χ0) is 16.4. The molecule has 3 rings (SSSR count). The number of rotatable bonds is 5. The van der Waals surface area contributed by atoms with Crippen molar-refractivity contribution in [3.8, 4) is 0 Å². The van der Waals surface area contributed by atoms with Crippen LogP contribution in [0.4, 0.5) is 0 Å². The van der Waals surface area contributed by atoms with E-state index < -0.39 is 12.1 Å². The molecule has 1 fully saturated rings. The smallest absolute Gasteiger partial charge is 0.355 e. The predicted molar refractivity (Wildman–Crippen MR) is 90.7 cm³/mol. The van der Waals surface area contributed by atoms with Crippen LogP contribution in [-0.4, -0.2) is 28.6 Å². The molecule has 6 heteroatoms. The molecule has 0 radical (unpaired) electrons. The van der Waals surface area contributed by atoms with Gasteiger partial charge in [0.05, 0.1) is 10.2 Å². The summed E-state index contributed by atoms with van der Waals surface area (Å²) in [5.74, 6) is -0.618. The van der Waals surface area contributed by atoms with Gasteiger partial charge >= 0.3 is 5.97 Å². The lowest BCUT2D eigenvalue weighted by molar-refractivity contribution is -0.130. The molecule has 2 aromatic heterocycles. The van der Waals surface area contributed by atoms with E-state index in [0.717, 1.165) is 35.9 Å². The quantitative estimate of drug-likeness (QED) is 0.854. The van der Waals surface area contributed by atoms with E-state index in [1.807, 2.05) is 36.1 Å². The number of esters is 1. The standard InChI is InChI=1S/C17H22N2O3S/c1-3-14(16(20)18-11-6-4-5-7-11)22-17(21)13-10-15-12(19(13)2)8-9-23-15/h8-11,14H,3-7H2,1-2H3,(H,18,20)/t14-/m1/s1. The van der Waals surface area contributed by atoms with Crippen molar-refractivity contribution in [2.24, 2.45) is 7.05 Å². The van der Waals surface area contributed by atoms with Crippen LogP contribution in [0.5, 0.6) is 0 Å². The van der Waals surface area contributed by atoms with Crippen LogP contribution in [-0.2, 0) is 16.6 Å². The Bertz CT molecular complexity index is 713. The van der Waals surface area contributed by atoms with Gasteiger partial charge in [-0.3, -0.25) is 4.79 Å². The number of carbonyl (C=O) groups is 2. The van der Waals surface area contributed by atoms with Crippen LogP contribution in [0.3, 0.4) is 0 Å². The fourth-order valence-corrected chi connectivity index (χ4v) is 3.97. The number of nitrogens with one attached hydrogen (secondary N) is 1. The maximum absolute atomic E-state index is 12.4. The van der Waals surface area contributed by atoms with Gasteiger partial charge in [0.2, 0.25) is 0 Å². The normalized spacial score (nSPS) is 16.6. The predicted octanol–water partition coefficient (Wildman–Crippen LogP) is 3.23. The molecule has 1 aliphatic carbocycles. The fraction of sp³-hybridized carbons (Fsp3) is 0.529. The molecule has 1 amide bonds. The number of fused-ring (bicyclic) bond motifs is 1. The lowest BCUT2D eigenvalue weighted by Gasteiger charge is -2.19. The first-order valence-corrected chi connectivity index (χ1v) is 9.02. The molecule has 0 aliphatic heterocycles. The lowest BCUT2D eigenvalue weighted by atomic mass is 10.2. The number of hydrogen-bond donors (Lipinski definition) is 1. The minimum atomic E-state index is -0.726. The van der Waals surface area contributed by atoms with Gasteiger partial charge in [-0.25, -0.2) is 4.79 Å². The Morgan fingerprint density at radius 3 is 2.83 bits per heavy atom. The lowest BCUT2D eigenvalue weighted by Crippen LogP contribution is -2.42. The summed E-state index contributed by atoms with van der Waals surface area (Å²) in [5, 5.41) is 4.99. The van der Waals surface area contributed by atoms with Crippen LogP contribution in [0.2, 0.25) is 0 Å². The number of thiophene rings is 1. The first-order chi connectivity index (χ1) is 11.1. The third-order valence-corrected chi connectivity index (χ3v) is 5.34. The van der Waals surface area contributed by atoms with E-state index in [0.29, 0.717) is 12.1 Å². The molecule has 23 heavy (non-hydrogen) atoms. The number of carbonyl (C=O) groups excluding carboxylic acids is 2. The number of ether oxygens (including phenoxy) is 1. The molecular formula is C17H22N2O3S. The van der Waals surface area contributed by atoms with Crippen molar-refractivity contribution >= 4 is 33.4 Å². The Labute approximate surface area is 139 Å². The van der Waals surface area contributed by atoms with E-state index in [2.05, 4.69) is 5.32 Å².